The number of carbonyl (C=O) groups excluding carboxylic acids is 1. The van der Waals surface area contributed by atoms with Gasteiger partial charge in [0.05, 0.1) is 10.2 Å². The molecular weight excluding hydrogens is 186 g/mol. The average molecular weight is 192 g/mol. The predicted molar refractivity (Wildman–Crippen MR) is 49.8 cm³/mol. The van der Waals surface area contributed by atoms with Crippen LogP contribution in [0.4, 0.5) is 0 Å². The van der Waals surface area contributed by atoms with Crippen molar-refractivity contribution in [1.29, 1.82) is 0 Å². The predicted octanol–water partition coefficient (Wildman–Crippen LogP) is 2.02. The Labute approximate surface area is 79.0 Å². The number of esters is 1. The molecule has 0 fully saturated rings. The molecule has 3 nitrogen and oxygen atoms in total. The summed E-state index contributed by atoms with van der Waals surface area (Å²) >= 11 is 1.40. The highest BCUT2D eigenvalue weighted by Gasteiger charge is 2.01. The standard InChI is InChI=1S/C9H6NO2S/c1-6(11)12-7-2-3-8-9(4-7)13-5-10-8/h2-4H,1H3. The largest absolute Gasteiger partial charge is 0.427 e. The van der Waals surface area contributed by atoms with Crippen molar-refractivity contribution in [3.8, 4) is 5.75 Å². The van der Waals surface area contributed by atoms with Gasteiger partial charge in [-0.15, -0.1) is 11.3 Å². The normalized spacial score (nSPS) is 10.2. The first-order valence-corrected chi connectivity index (χ1v) is 4.52. The zero-order valence-corrected chi connectivity index (χ0v) is 7.72. The first kappa shape index (κ1) is 8.19. The third-order valence-electron chi connectivity index (χ3n) is 1.51. The lowest BCUT2D eigenvalue weighted by atomic mass is 10.3. The molecule has 1 aromatic heterocycles. The van der Waals surface area contributed by atoms with E-state index in [1.165, 1.54) is 18.3 Å². The average Bonchev–Trinajstić information content (AvgIpc) is 2.49. The molecular formula is C9H6NO2S. The molecule has 1 aromatic carbocycles. The Bertz CT molecular complexity index is 450. The lowest BCUT2D eigenvalue weighted by Crippen LogP contribution is -2.00. The molecule has 0 atom stereocenters. The minimum atomic E-state index is -0.312. The fraction of sp³-hybridized carbons (Fsp3) is 0.111. The molecule has 65 valence electrons. The van der Waals surface area contributed by atoms with E-state index in [1.807, 2.05) is 0 Å². The van der Waals surface area contributed by atoms with Gasteiger partial charge < -0.3 is 4.74 Å². The Morgan fingerprint density at radius 1 is 1.62 bits per heavy atom. The fourth-order valence-electron chi connectivity index (χ4n) is 1.02. The van der Waals surface area contributed by atoms with Crippen LogP contribution in [0.1, 0.15) is 6.92 Å². The summed E-state index contributed by atoms with van der Waals surface area (Å²) in [6.45, 7) is 1.38. The van der Waals surface area contributed by atoms with Crippen LogP contribution >= 0.6 is 11.3 Å². The molecule has 13 heavy (non-hydrogen) atoms. The van der Waals surface area contributed by atoms with E-state index in [4.69, 9.17) is 4.74 Å². The second-order valence-electron chi connectivity index (χ2n) is 2.53. The highest BCUT2D eigenvalue weighted by atomic mass is 32.1. The van der Waals surface area contributed by atoms with E-state index in [9.17, 15) is 4.79 Å². The Balaban J connectivity index is 2.42. The summed E-state index contributed by atoms with van der Waals surface area (Å²) in [7, 11) is 0. The molecule has 0 aliphatic carbocycles. The molecule has 0 saturated heterocycles. The third kappa shape index (κ3) is 1.67. The highest BCUT2D eigenvalue weighted by molar-refractivity contribution is 7.16. The highest BCUT2D eigenvalue weighted by Crippen LogP contribution is 2.22. The Kier molecular flexibility index (Phi) is 1.98. The minimum Gasteiger partial charge on any atom is -0.427 e. The summed E-state index contributed by atoms with van der Waals surface area (Å²) < 4.78 is 5.89. The number of aromatic nitrogens is 1. The van der Waals surface area contributed by atoms with E-state index in [0.29, 0.717) is 5.75 Å². The molecule has 2 rings (SSSR count). The van der Waals surface area contributed by atoms with E-state index in [0.717, 1.165) is 10.2 Å². The van der Waals surface area contributed by atoms with Crippen molar-refractivity contribution in [1.82, 2.24) is 4.98 Å². The number of benzene rings is 1. The third-order valence-corrected chi connectivity index (χ3v) is 2.24. The second kappa shape index (κ2) is 3.14. The van der Waals surface area contributed by atoms with Crippen LogP contribution in [0, 0.1) is 5.51 Å². The zero-order chi connectivity index (χ0) is 9.26. The van der Waals surface area contributed by atoms with Crippen LogP contribution in [0.3, 0.4) is 0 Å². The quantitative estimate of drug-likeness (QED) is 0.512. The van der Waals surface area contributed by atoms with Gasteiger partial charge in [0.15, 0.2) is 5.51 Å². The molecule has 4 heteroatoms. The molecule has 0 amide bonds. The topological polar surface area (TPSA) is 39.2 Å². The van der Waals surface area contributed by atoms with Crippen molar-refractivity contribution >= 4 is 27.5 Å². The van der Waals surface area contributed by atoms with Gasteiger partial charge in [-0.25, -0.2) is 4.98 Å². The number of hydrogen-bond acceptors (Lipinski definition) is 4. The summed E-state index contributed by atoms with van der Waals surface area (Å²) in [5.41, 5.74) is 3.65. The van der Waals surface area contributed by atoms with Crippen molar-refractivity contribution in [2.75, 3.05) is 0 Å². The van der Waals surface area contributed by atoms with Crippen molar-refractivity contribution < 1.29 is 9.53 Å². The van der Waals surface area contributed by atoms with Crippen molar-refractivity contribution in [2.45, 2.75) is 6.92 Å². The van der Waals surface area contributed by atoms with Crippen LogP contribution in [0.25, 0.3) is 10.2 Å². The second-order valence-corrected chi connectivity index (χ2v) is 3.35. The number of carbonyl (C=O) groups is 1. The zero-order valence-electron chi connectivity index (χ0n) is 6.90. The molecule has 2 aromatic rings. The number of fused-ring (bicyclic) bond motifs is 1. The van der Waals surface area contributed by atoms with Gasteiger partial charge in [-0.1, -0.05) is 0 Å². The summed E-state index contributed by atoms with van der Waals surface area (Å²) in [6.07, 6.45) is 0. The van der Waals surface area contributed by atoms with E-state index in [-0.39, 0.29) is 5.97 Å². The van der Waals surface area contributed by atoms with Gasteiger partial charge in [0.25, 0.3) is 0 Å². The van der Waals surface area contributed by atoms with Crippen molar-refractivity contribution in [3.05, 3.63) is 23.7 Å². The number of thiazole rings is 1. The maximum absolute atomic E-state index is 10.6. The van der Waals surface area contributed by atoms with Gasteiger partial charge in [-0.2, -0.15) is 0 Å². The van der Waals surface area contributed by atoms with E-state index in [2.05, 4.69) is 10.5 Å². The fourth-order valence-corrected chi connectivity index (χ4v) is 1.65. The first-order valence-electron chi connectivity index (χ1n) is 3.71. The molecule has 0 aliphatic rings. The molecule has 0 bridgehead atoms. The lowest BCUT2D eigenvalue weighted by Gasteiger charge is -1.99. The molecule has 0 unspecified atom stereocenters. The van der Waals surface area contributed by atoms with Crippen LogP contribution in [-0.2, 0) is 4.79 Å². The monoisotopic (exact) mass is 192 g/mol. The Morgan fingerprint density at radius 3 is 3.23 bits per heavy atom. The van der Waals surface area contributed by atoms with Crippen LogP contribution in [0.5, 0.6) is 5.75 Å². The van der Waals surface area contributed by atoms with Crippen molar-refractivity contribution in [2.24, 2.45) is 0 Å². The molecule has 0 N–H and O–H groups in total. The first-order chi connectivity index (χ1) is 6.25. The van der Waals surface area contributed by atoms with E-state index in [1.54, 1.807) is 18.2 Å². The summed E-state index contributed by atoms with van der Waals surface area (Å²) in [5.74, 6) is 0.241. The van der Waals surface area contributed by atoms with Crippen LogP contribution in [0.15, 0.2) is 18.2 Å². The lowest BCUT2D eigenvalue weighted by molar-refractivity contribution is -0.131. The minimum absolute atomic E-state index is 0.312. The number of rotatable bonds is 1. The van der Waals surface area contributed by atoms with Crippen LogP contribution in [0.2, 0.25) is 0 Å². The smallest absolute Gasteiger partial charge is 0.308 e. The summed E-state index contributed by atoms with van der Waals surface area (Å²) in [4.78, 5) is 14.6. The maximum Gasteiger partial charge on any atom is 0.308 e. The number of ether oxygens (including phenoxy) is 1. The van der Waals surface area contributed by atoms with Crippen molar-refractivity contribution in [3.63, 3.8) is 0 Å². The molecule has 0 aliphatic heterocycles. The van der Waals surface area contributed by atoms with E-state index >= 15 is 0 Å². The van der Waals surface area contributed by atoms with Gasteiger partial charge in [-0.3, -0.25) is 4.79 Å². The number of hydrogen-bond donors (Lipinski definition) is 0. The molecule has 1 radical (unpaired) electrons. The molecule has 0 saturated carbocycles. The molecule has 1 heterocycles. The maximum atomic E-state index is 10.6. The Hall–Kier alpha value is -1.42. The van der Waals surface area contributed by atoms with Gasteiger partial charge in [0, 0.05) is 13.0 Å². The van der Waals surface area contributed by atoms with Gasteiger partial charge >= 0.3 is 5.97 Å². The Morgan fingerprint density at radius 2 is 2.46 bits per heavy atom. The summed E-state index contributed by atoms with van der Waals surface area (Å²) in [6, 6.07) is 5.31. The van der Waals surface area contributed by atoms with Crippen LogP contribution < -0.4 is 4.74 Å². The van der Waals surface area contributed by atoms with Gasteiger partial charge in [0.1, 0.15) is 5.75 Å². The SMILES string of the molecule is CC(=O)Oc1ccc2n[c]sc2c1. The van der Waals surface area contributed by atoms with Gasteiger partial charge in [-0.05, 0) is 12.1 Å². The summed E-state index contributed by atoms with van der Waals surface area (Å²) in [5, 5.41) is 0. The van der Waals surface area contributed by atoms with E-state index < -0.39 is 0 Å². The molecule has 0 spiro atoms. The number of nitrogens with zero attached hydrogens (tertiary/aromatic N) is 1. The van der Waals surface area contributed by atoms with Gasteiger partial charge in [0.2, 0.25) is 0 Å². The van der Waals surface area contributed by atoms with Crippen LogP contribution in [-0.4, -0.2) is 11.0 Å².